The van der Waals surface area contributed by atoms with Gasteiger partial charge in [-0.3, -0.25) is 4.79 Å². The fourth-order valence-corrected chi connectivity index (χ4v) is 3.04. The Hall–Kier alpha value is -3.25. The van der Waals surface area contributed by atoms with Crippen LogP contribution in [0.15, 0.2) is 72.8 Å². The number of nitrogens with zero attached hydrogens (tertiary/aromatic N) is 1. The number of benzene rings is 3. The Labute approximate surface area is 174 Å². The maximum atomic E-state index is 14.5. The van der Waals surface area contributed by atoms with Gasteiger partial charge in [-0.2, -0.15) is 0 Å². The van der Waals surface area contributed by atoms with Gasteiger partial charge in [0.25, 0.3) is 5.91 Å². The highest BCUT2D eigenvalue weighted by Gasteiger charge is 2.19. The molecule has 0 aliphatic heterocycles. The molecule has 0 heterocycles. The number of carbonyl (C=O) groups excluding carboxylic acids is 1. The van der Waals surface area contributed by atoms with Crippen molar-refractivity contribution >= 4 is 5.91 Å². The molecule has 0 spiro atoms. The molecule has 3 rings (SSSR count). The molecule has 0 saturated carbocycles. The molecule has 2 N–H and O–H groups in total. The number of ether oxygens (including phenoxy) is 1. The van der Waals surface area contributed by atoms with Crippen LogP contribution in [0.5, 0.6) is 5.75 Å². The summed E-state index contributed by atoms with van der Waals surface area (Å²) in [6.07, 6.45) is 0.556. The summed E-state index contributed by atoms with van der Waals surface area (Å²) in [6.45, 7) is 1.04. The molecule has 0 aromatic heterocycles. The van der Waals surface area contributed by atoms with E-state index in [9.17, 15) is 13.6 Å². The van der Waals surface area contributed by atoms with Gasteiger partial charge in [-0.05, 0) is 42.8 Å². The lowest BCUT2D eigenvalue weighted by molar-refractivity contribution is 0.0740. The minimum absolute atomic E-state index is 0.0676. The number of hydrogen-bond acceptors (Lipinski definition) is 3. The molecule has 0 aliphatic carbocycles. The van der Waals surface area contributed by atoms with Crippen molar-refractivity contribution in [3.8, 4) is 5.75 Å². The predicted molar refractivity (Wildman–Crippen MR) is 112 cm³/mol. The predicted octanol–water partition coefficient (Wildman–Crippen LogP) is 4.54. The van der Waals surface area contributed by atoms with Crippen LogP contribution in [0, 0.1) is 11.6 Å². The van der Waals surface area contributed by atoms with E-state index in [0.29, 0.717) is 25.1 Å². The third kappa shape index (κ3) is 5.64. The normalized spacial score (nSPS) is 10.6. The molecule has 6 heteroatoms. The quantitative estimate of drug-likeness (QED) is 0.564. The lowest BCUT2D eigenvalue weighted by Crippen LogP contribution is -2.33. The van der Waals surface area contributed by atoms with Crippen LogP contribution >= 0.6 is 0 Å². The van der Waals surface area contributed by atoms with Crippen molar-refractivity contribution in [3.05, 3.63) is 101 Å². The fourth-order valence-electron chi connectivity index (χ4n) is 3.04. The SMILES string of the molecule is NCCCN(Cc1ccccc1F)C(=O)c1ccc(OCc2ccccc2)c(F)c1. The van der Waals surface area contributed by atoms with E-state index in [1.165, 1.54) is 23.1 Å². The summed E-state index contributed by atoms with van der Waals surface area (Å²) in [5.74, 6) is -1.33. The van der Waals surface area contributed by atoms with E-state index in [4.69, 9.17) is 10.5 Å². The van der Waals surface area contributed by atoms with Crippen LogP contribution in [-0.4, -0.2) is 23.9 Å². The van der Waals surface area contributed by atoms with Crippen LogP contribution in [0.2, 0.25) is 0 Å². The van der Waals surface area contributed by atoms with E-state index in [1.54, 1.807) is 18.2 Å². The first-order valence-electron chi connectivity index (χ1n) is 9.77. The number of carbonyl (C=O) groups is 1. The second kappa shape index (κ2) is 10.5. The molecule has 0 fully saturated rings. The Morgan fingerprint density at radius 3 is 2.37 bits per heavy atom. The molecule has 1 amide bonds. The molecule has 156 valence electrons. The van der Waals surface area contributed by atoms with Crippen LogP contribution in [0.1, 0.15) is 27.9 Å². The number of halogens is 2. The molecule has 3 aromatic carbocycles. The molecular formula is C24H24F2N2O2. The summed E-state index contributed by atoms with van der Waals surface area (Å²) < 4.78 is 34.1. The van der Waals surface area contributed by atoms with Crippen molar-refractivity contribution in [1.82, 2.24) is 4.90 Å². The second-order valence-electron chi connectivity index (χ2n) is 6.88. The monoisotopic (exact) mass is 410 g/mol. The van der Waals surface area contributed by atoms with Gasteiger partial charge in [0, 0.05) is 24.2 Å². The van der Waals surface area contributed by atoms with Gasteiger partial charge < -0.3 is 15.4 Å². The van der Waals surface area contributed by atoms with E-state index >= 15 is 0 Å². The fraction of sp³-hybridized carbons (Fsp3) is 0.208. The third-order valence-electron chi connectivity index (χ3n) is 4.65. The third-order valence-corrected chi connectivity index (χ3v) is 4.65. The Kier molecular flexibility index (Phi) is 7.51. The Bertz CT molecular complexity index is 980. The van der Waals surface area contributed by atoms with Gasteiger partial charge in [0.15, 0.2) is 11.6 Å². The highest BCUT2D eigenvalue weighted by atomic mass is 19.1. The highest BCUT2D eigenvalue weighted by molar-refractivity contribution is 5.94. The maximum absolute atomic E-state index is 14.5. The van der Waals surface area contributed by atoms with Gasteiger partial charge in [-0.25, -0.2) is 8.78 Å². The van der Waals surface area contributed by atoms with Crippen molar-refractivity contribution in [2.45, 2.75) is 19.6 Å². The van der Waals surface area contributed by atoms with E-state index in [1.807, 2.05) is 30.3 Å². The van der Waals surface area contributed by atoms with Crippen LogP contribution in [0.25, 0.3) is 0 Å². The maximum Gasteiger partial charge on any atom is 0.254 e. The zero-order valence-corrected chi connectivity index (χ0v) is 16.6. The Balaban J connectivity index is 1.73. The molecule has 3 aromatic rings. The van der Waals surface area contributed by atoms with Crippen molar-refractivity contribution in [2.24, 2.45) is 5.73 Å². The smallest absolute Gasteiger partial charge is 0.254 e. The van der Waals surface area contributed by atoms with Crippen LogP contribution in [0.4, 0.5) is 8.78 Å². The molecule has 0 unspecified atom stereocenters. The van der Waals surface area contributed by atoms with Gasteiger partial charge in [-0.1, -0.05) is 48.5 Å². The van der Waals surface area contributed by atoms with Crippen molar-refractivity contribution in [1.29, 1.82) is 0 Å². The summed E-state index contributed by atoms with van der Waals surface area (Å²) in [5.41, 5.74) is 7.06. The summed E-state index contributed by atoms with van der Waals surface area (Å²) in [5, 5.41) is 0. The van der Waals surface area contributed by atoms with Gasteiger partial charge >= 0.3 is 0 Å². The Morgan fingerprint density at radius 2 is 1.67 bits per heavy atom. The number of nitrogens with two attached hydrogens (primary N) is 1. The average molecular weight is 410 g/mol. The van der Waals surface area contributed by atoms with Gasteiger partial charge in [0.1, 0.15) is 12.4 Å². The molecule has 0 radical (unpaired) electrons. The first-order chi connectivity index (χ1) is 14.6. The van der Waals surface area contributed by atoms with Gasteiger partial charge in [0.2, 0.25) is 0 Å². The number of rotatable bonds is 9. The molecule has 0 saturated heterocycles. The Morgan fingerprint density at radius 1 is 0.933 bits per heavy atom. The summed E-state index contributed by atoms with van der Waals surface area (Å²) in [4.78, 5) is 14.4. The molecule has 0 bridgehead atoms. The van der Waals surface area contributed by atoms with E-state index in [-0.39, 0.29) is 36.2 Å². The molecule has 0 aliphatic rings. The van der Waals surface area contributed by atoms with E-state index in [2.05, 4.69) is 0 Å². The van der Waals surface area contributed by atoms with Crippen LogP contribution < -0.4 is 10.5 Å². The minimum Gasteiger partial charge on any atom is -0.486 e. The zero-order chi connectivity index (χ0) is 21.3. The van der Waals surface area contributed by atoms with E-state index < -0.39 is 5.82 Å². The molecule has 4 nitrogen and oxygen atoms in total. The largest absolute Gasteiger partial charge is 0.486 e. The molecule has 30 heavy (non-hydrogen) atoms. The molecule has 0 atom stereocenters. The second-order valence-corrected chi connectivity index (χ2v) is 6.88. The first kappa shape index (κ1) is 21.5. The van der Waals surface area contributed by atoms with Crippen molar-refractivity contribution in [3.63, 3.8) is 0 Å². The lowest BCUT2D eigenvalue weighted by atomic mass is 10.1. The minimum atomic E-state index is -0.624. The number of amides is 1. The summed E-state index contributed by atoms with van der Waals surface area (Å²) in [7, 11) is 0. The molecular weight excluding hydrogens is 386 g/mol. The van der Waals surface area contributed by atoms with Crippen LogP contribution in [0.3, 0.4) is 0 Å². The summed E-state index contributed by atoms with van der Waals surface area (Å²) in [6, 6.07) is 19.8. The van der Waals surface area contributed by atoms with Crippen molar-refractivity contribution < 1.29 is 18.3 Å². The van der Waals surface area contributed by atoms with Crippen LogP contribution in [-0.2, 0) is 13.2 Å². The van der Waals surface area contributed by atoms with Gasteiger partial charge in [-0.15, -0.1) is 0 Å². The van der Waals surface area contributed by atoms with E-state index in [0.717, 1.165) is 11.6 Å². The topological polar surface area (TPSA) is 55.6 Å². The highest BCUT2D eigenvalue weighted by Crippen LogP contribution is 2.21. The number of hydrogen-bond donors (Lipinski definition) is 1. The van der Waals surface area contributed by atoms with Crippen molar-refractivity contribution in [2.75, 3.05) is 13.1 Å². The average Bonchev–Trinajstić information content (AvgIpc) is 2.77. The lowest BCUT2D eigenvalue weighted by Gasteiger charge is -2.23. The zero-order valence-electron chi connectivity index (χ0n) is 16.6. The first-order valence-corrected chi connectivity index (χ1v) is 9.77. The standard InChI is InChI=1S/C24H24F2N2O2/c25-21-10-5-4-9-20(21)16-28(14-6-13-27)24(29)19-11-12-23(22(26)15-19)30-17-18-7-2-1-3-8-18/h1-5,7-12,15H,6,13-14,16-17,27H2. The summed E-state index contributed by atoms with van der Waals surface area (Å²) >= 11 is 0. The van der Waals surface area contributed by atoms with Gasteiger partial charge in [0.05, 0.1) is 0 Å².